The van der Waals surface area contributed by atoms with Crippen LogP contribution in [0, 0.1) is 0 Å². The molecule has 0 aromatic heterocycles. The summed E-state index contributed by atoms with van der Waals surface area (Å²) in [5, 5.41) is 2.84. The van der Waals surface area contributed by atoms with Crippen molar-refractivity contribution in [3.05, 3.63) is 63.0 Å². The molecule has 0 aliphatic rings. The van der Waals surface area contributed by atoms with Crippen LogP contribution in [0.3, 0.4) is 0 Å². The van der Waals surface area contributed by atoms with Crippen molar-refractivity contribution in [2.24, 2.45) is 5.73 Å². The topological polar surface area (TPSA) is 55.1 Å². The predicted octanol–water partition coefficient (Wildman–Crippen LogP) is 3.72. The van der Waals surface area contributed by atoms with Crippen LogP contribution in [-0.2, 0) is 11.2 Å². The number of hydrogen-bond acceptors (Lipinski definition) is 2. The highest BCUT2D eigenvalue weighted by Crippen LogP contribution is 2.30. The Bertz CT molecular complexity index is 582. The van der Waals surface area contributed by atoms with E-state index in [9.17, 15) is 4.79 Å². The molecule has 2 rings (SSSR count). The Morgan fingerprint density at radius 3 is 2.25 bits per heavy atom. The number of nitrogens with two attached hydrogens (primary N) is 1. The van der Waals surface area contributed by atoms with Gasteiger partial charge in [-0.2, -0.15) is 0 Å². The third-order valence-corrected chi connectivity index (χ3v) is 4.17. The van der Waals surface area contributed by atoms with Gasteiger partial charge in [0, 0.05) is 8.95 Å². The maximum absolute atomic E-state index is 12.1. The minimum absolute atomic E-state index is 0.207. The molecular formula is C15H14Br2N2O. The van der Waals surface area contributed by atoms with E-state index in [-0.39, 0.29) is 5.91 Å². The fourth-order valence-corrected chi connectivity index (χ4v) is 2.99. The van der Waals surface area contributed by atoms with E-state index in [1.165, 1.54) is 0 Å². The molecule has 2 aromatic carbocycles. The number of carbonyl (C=O) groups is 1. The van der Waals surface area contributed by atoms with Gasteiger partial charge >= 0.3 is 0 Å². The second-order valence-corrected chi connectivity index (χ2v) is 6.09. The Labute approximate surface area is 134 Å². The Morgan fingerprint density at radius 1 is 1.05 bits per heavy atom. The van der Waals surface area contributed by atoms with Crippen LogP contribution in [0.4, 0.5) is 5.69 Å². The van der Waals surface area contributed by atoms with Crippen LogP contribution in [0.2, 0.25) is 0 Å². The maximum atomic E-state index is 12.1. The monoisotopic (exact) mass is 396 g/mol. The molecule has 1 unspecified atom stereocenters. The van der Waals surface area contributed by atoms with Crippen LogP contribution in [0.5, 0.6) is 0 Å². The number of nitrogens with one attached hydrogen (secondary N) is 1. The summed E-state index contributed by atoms with van der Waals surface area (Å²) in [5.41, 5.74) is 7.69. The van der Waals surface area contributed by atoms with Crippen LogP contribution in [-0.4, -0.2) is 11.9 Å². The lowest BCUT2D eigenvalue weighted by atomic mass is 10.1. The molecule has 0 heterocycles. The van der Waals surface area contributed by atoms with Gasteiger partial charge in [0.05, 0.1) is 11.7 Å². The summed E-state index contributed by atoms with van der Waals surface area (Å²) in [5.74, 6) is -0.207. The average Bonchev–Trinajstić information content (AvgIpc) is 2.44. The molecule has 1 amide bonds. The minimum atomic E-state index is -0.587. The average molecular weight is 398 g/mol. The van der Waals surface area contributed by atoms with Gasteiger partial charge in [-0.1, -0.05) is 36.4 Å². The summed E-state index contributed by atoms with van der Waals surface area (Å²) in [6.45, 7) is 0. The van der Waals surface area contributed by atoms with Crippen molar-refractivity contribution in [1.82, 2.24) is 0 Å². The quantitative estimate of drug-likeness (QED) is 0.825. The van der Waals surface area contributed by atoms with Crippen LogP contribution in [0.1, 0.15) is 5.56 Å². The molecule has 2 aromatic rings. The van der Waals surface area contributed by atoms with Gasteiger partial charge in [-0.15, -0.1) is 0 Å². The van der Waals surface area contributed by atoms with E-state index in [0.29, 0.717) is 12.1 Å². The number of carbonyl (C=O) groups excluding carboxylic acids is 1. The fourth-order valence-electron chi connectivity index (χ4n) is 1.79. The Morgan fingerprint density at radius 2 is 1.65 bits per heavy atom. The smallest absolute Gasteiger partial charge is 0.241 e. The predicted molar refractivity (Wildman–Crippen MR) is 88.6 cm³/mol. The van der Waals surface area contributed by atoms with Gasteiger partial charge in [0.1, 0.15) is 0 Å². The van der Waals surface area contributed by atoms with Crippen molar-refractivity contribution in [2.45, 2.75) is 12.5 Å². The first-order valence-electron chi connectivity index (χ1n) is 6.12. The van der Waals surface area contributed by atoms with Crippen molar-refractivity contribution >= 4 is 43.5 Å². The molecule has 0 fully saturated rings. The summed E-state index contributed by atoms with van der Waals surface area (Å²) < 4.78 is 1.62. The van der Waals surface area contributed by atoms with Gasteiger partial charge < -0.3 is 11.1 Å². The van der Waals surface area contributed by atoms with Gasteiger partial charge in [-0.25, -0.2) is 0 Å². The summed E-state index contributed by atoms with van der Waals surface area (Å²) in [7, 11) is 0. The van der Waals surface area contributed by atoms with E-state index in [4.69, 9.17) is 5.73 Å². The molecule has 3 nitrogen and oxygen atoms in total. The highest BCUT2D eigenvalue weighted by atomic mass is 79.9. The molecule has 0 saturated carbocycles. The summed E-state index contributed by atoms with van der Waals surface area (Å²) >= 11 is 6.81. The number of amides is 1. The summed E-state index contributed by atoms with van der Waals surface area (Å²) in [6, 6.07) is 14.8. The van der Waals surface area contributed by atoms with Crippen molar-refractivity contribution < 1.29 is 4.79 Å². The van der Waals surface area contributed by atoms with Gasteiger partial charge in [0.15, 0.2) is 0 Å². The Kier molecular flexibility index (Phi) is 5.34. The highest BCUT2D eigenvalue weighted by molar-refractivity contribution is 9.11. The van der Waals surface area contributed by atoms with E-state index < -0.39 is 6.04 Å². The number of rotatable bonds is 4. The summed E-state index contributed by atoms with van der Waals surface area (Å²) in [6.07, 6.45) is 0.509. The second kappa shape index (κ2) is 7.02. The van der Waals surface area contributed by atoms with Gasteiger partial charge in [0.2, 0.25) is 5.91 Å². The number of anilines is 1. The fraction of sp³-hybridized carbons (Fsp3) is 0.133. The molecule has 5 heteroatoms. The third kappa shape index (κ3) is 3.91. The largest absolute Gasteiger partial charge is 0.323 e. The second-order valence-electron chi connectivity index (χ2n) is 4.38. The number of hydrogen-bond donors (Lipinski definition) is 2. The first kappa shape index (κ1) is 15.2. The molecule has 3 N–H and O–H groups in total. The lowest BCUT2D eigenvalue weighted by molar-refractivity contribution is -0.117. The van der Waals surface area contributed by atoms with Crippen molar-refractivity contribution in [3.63, 3.8) is 0 Å². The molecular weight excluding hydrogens is 384 g/mol. The van der Waals surface area contributed by atoms with Crippen molar-refractivity contribution in [1.29, 1.82) is 0 Å². The lowest BCUT2D eigenvalue weighted by Gasteiger charge is -2.14. The van der Waals surface area contributed by atoms with Gasteiger partial charge in [-0.3, -0.25) is 4.79 Å². The molecule has 0 aliphatic heterocycles. The zero-order valence-corrected chi connectivity index (χ0v) is 13.8. The van der Waals surface area contributed by atoms with E-state index in [1.54, 1.807) is 0 Å². The third-order valence-electron chi connectivity index (χ3n) is 2.85. The first-order chi connectivity index (χ1) is 9.58. The van der Waals surface area contributed by atoms with E-state index in [1.807, 2.05) is 48.5 Å². The maximum Gasteiger partial charge on any atom is 0.241 e. The molecule has 0 bridgehead atoms. The molecule has 0 saturated heterocycles. The molecule has 0 radical (unpaired) electrons. The highest BCUT2D eigenvalue weighted by Gasteiger charge is 2.16. The SMILES string of the molecule is NC(Cc1ccccc1)C(=O)Nc1c(Br)cccc1Br. The minimum Gasteiger partial charge on any atom is -0.323 e. The first-order valence-corrected chi connectivity index (χ1v) is 7.71. The zero-order chi connectivity index (χ0) is 14.5. The number of halogens is 2. The van der Waals surface area contributed by atoms with E-state index >= 15 is 0 Å². The lowest BCUT2D eigenvalue weighted by Crippen LogP contribution is -2.37. The van der Waals surface area contributed by atoms with Gasteiger partial charge in [-0.05, 0) is 56.0 Å². The van der Waals surface area contributed by atoms with Crippen LogP contribution < -0.4 is 11.1 Å². The summed E-state index contributed by atoms with van der Waals surface area (Å²) in [4.78, 5) is 12.1. The standard InChI is InChI=1S/C15H14Br2N2O/c16-11-7-4-8-12(17)14(11)19-15(20)13(18)9-10-5-2-1-3-6-10/h1-8,13H,9,18H2,(H,19,20). The molecule has 0 spiro atoms. The normalized spacial score (nSPS) is 11.9. The number of para-hydroxylation sites is 1. The van der Waals surface area contributed by atoms with E-state index in [2.05, 4.69) is 37.2 Å². The molecule has 20 heavy (non-hydrogen) atoms. The Hall–Kier alpha value is -1.17. The molecule has 1 atom stereocenters. The van der Waals surface area contributed by atoms with Crippen molar-refractivity contribution in [2.75, 3.05) is 5.32 Å². The van der Waals surface area contributed by atoms with Crippen LogP contribution in [0.25, 0.3) is 0 Å². The van der Waals surface area contributed by atoms with E-state index in [0.717, 1.165) is 14.5 Å². The molecule has 0 aliphatic carbocycles. The zero-order valence-electron chi connectivity index (χ0n) is 10.6. The van der Waals surface area contributed by atoms with Crippen molar-refractivity contribution in [3.8, 4) is 0 Å². The van der Waals surface area contributed by atoms with Crippen LogP contribution >= 0.6 is 31.9 Å². The van der Waals surface area contributed by atoms with Crippen LogP contribution in [0.15, 0.2) is 57.5 Å². The van der Waals surface area contributed by atoms with Gasteiger partial charge in [0.25, 0.3) is 0 Å². The molecule has 104 valence electrons. The number of benzene rings is 2. The Balaban J connectivity index is 2.05.